The summed E-state index contributed by atoms with van der Waals surface area (Å²) in [6.45, 7) is 3.48. The SMILES string of the molecule is Cc1cc(NC2CCN(C(=O)C3CCCCC3)C2)c2cc(F)ccc2n1. The van der Waals surface area contributed by atoms with E-state index in [0.717, 1.165) is 54.6 Å². The lowest BCUT2D eigenvalue weighted by Crippen LogP contribution is -2.36. The average Bonchev–Trinajstić information content (AvgIpc) is 3.11. The van der Waals surface area contributed by atoms with Gasteiger partial charge in [0, 0.05) is 41.8 Å². The van der Waals surface area contributed by atoms with Crippen molar-refractivity contribution in [2.45, 2.75) is 51.5 Å². The van der Waals surface area contributed by atoms with E-state index in [1.54, 1.807) is 6.07 Å². The number of rotatable bonds is 3. The van der Waals surface area contributed by atoms with Crippen molar-refractivity contribution in [2.75, 3.05) is 18.4 Å². The summed E-state index contributed by atoms with van der Waals surface area (Å²) < 4.78 is 13.7. The van der Waals surface area contributed by atoms with Crippen LogP contribution < -0.4 is 5.32 Å². The Morgan fingerprint density at radius 1 is 1.19 bits per heavy atom. The minimum absolute atomic E-state index is 0.204. The Balaban J connectivity index is 1.48. The Kier molecular flexibility index (Phi) is 4.79. The van der Waals surface area contributed by atoms with Crippen LogP contribution in [0.5, 0.6) is 0 Å². The predicted molar refractivity (Wildman–Crippen MR) is 102 cm³/mol. The number of hydrogen-bond donors (Lipinski definition) is 1. The lowest BCUT2D eigenvalue weighted by molar-refractivity contribution is -0.135. The highest BCUT2D eigenvalue weighted by Gasteiger charge is 2.31. The van der Waals surface area contributed by atoms with Crippen LogP contribution in [0.25, 0.3) is 10.9 Å². The second-order valence-electron chi connectivity index (χ2n) is 7.72. The Morgan fingerprint density at radius 3 is 2.81 bits per heavy atom. The highest BCUT2D eigenvalue weighted by Crippen LogP contribution is 2.29. The molecule has 2 aliphatic rings. The second-order valence-corrected chi connectivity index (χ2v) is 7.72. The molecule has 4 rings (SSSR count). The van der Waals surface area contributed by atoms with Crippen molar-refractivity contribution < 1.29 is 9.18 Å². The molecule has 0 radical (unpaired) electrons. The van der Waals surface area contributed by atoms with Gasteiger partial charge in [0.15, 0.2) is 0 Å². The van der Waals surface area contributed by atoms with Crippen molar-refractivity contribution in [3.05, 3.63) is 35.8 Å². The monoisotopic (exact) mass is 355 g/mol. The fraction of sp³-hybridized carbons (Fsp3) is 0.524. The molecule has 1 saturated heterocycles. The fourth-order valence-corrected chi connectivity index (χ4v) is 4.36. The highest BCUT2D eigenvalue weighted by atomic mass is 19.1. The number of benzene rings is 1. The first-order chi connectivity index (χ1) is 12.6. The standard InChI is InChI=1S/C21H26FN3O/c1-14-11-20(18-12-16(22)7-8-19(18)23-14)24-17-9-10-25(13-17)21(26)15-5-3-2-4-6-15/h7-8,11-12,15,17H,2-6,9-10,13H2,1H3,(H,23,24). The number of aromatic nitrogens is 1. The van der Waals surface area contributed by atoms with Gasteiger partial charge in [-0.05, 0) is 50.5 Å². The van der Waals surface area contributed by atoms with Crippen LogP contribution >= 0.6 is 0 Å². The van der Waals surface area contributed by atoms with Gasteiger partial charge in [0.25, 0.3) is 0 Å². The zero-order chi connectivity index (χ0) is 18.1. The summed E-state index contributed by atoms with van der Waals surface area (Å²) in [6.07, 6.45) is 6.64. The predicted octanol–water partition coefficient (Wildman–Crippen LogP) is 4.28. The van der Waals surface area contributed by atoms with Crippen LogP contribution in [0.2, 0.25) is 0 Å². The molecule has 5 heteroatoms. The first kappa shape index (κ1) is 17.3. The van der Waals surface area contributed by atoms with Gasteiger partial charge in [-0.1, -0.05) is 19.3 Å². The first-order valence-electron chi connectivity index (χ1n) is 9.72. The highest BCUT2D eigenvalue weighted by molar-refractivity contribution is 5.91. The molecule has 1 atom stereocenters. The van der Waals surface area contributed by atoms with E-state index in [2.05, 4.69) is 10.3 Å². The van der Waals surface area contributed by atoms with Gasteiger partial charge in [-0.3, -0.25) is 9.78 Å². The molecule has 1 saturated carbocycles. The molecule has 2 fully saturated rings. The smallest absolute Gasteiger partial charge is 0.225 e. The van der Waals surface area contributed by atoms with Crippen LogP contribution in [0.15, 0.2) is 24.3 Å². The summed E-state index contributed by atoms with van der Waals surface area (Å²) in [5.74, 6) is 0.295. The van der Waals surface area contributed by atoms with Gasteiger partial charge >= 0.3 is 0 Å². The number of aryl methyl sites for hydroxylation is 1. The van der Waals surface area contributed by atoms with Gasteiger partial charge in [0.2, 0.25) is 5.91 Å². The van der Waals surface area contributed by atoms with Crippen LogP contribution in [0.4, 0.5) is 10.1 Å². The minimum atomic E-state index is -0.258. The second kappa shape index (κ2) is 7.22. The molecular formula is C21H26FN3O. The third-order valence-electron chi connectivity index (χ3n) is 5.71. The number of carbonyl (C=O) groups excluding carboxylic acids is 1. The number of nitrogens with one attached hydrogen (secondary N) is 1. The topological polar surface area (TPSA) is 45.2 Å². The van der Waals surface area contributed by atoms with Gasteiger partial charge in [0.1, 0.15) is 5.82 Å². The third-order valence-corrected chi connectivity index (χ3v) is 5.71. The molecule has 26 heavy (non-hydrogen) atoms. The minimum Gasteiger partial charge on any atom is -0.380 e. The number of carbonyl (C=O) groups is 1. The molecule has 1 aromatic carbocycles. The molecule has 2 heterocycles. The van der Waals surface area contributed by atoms with E-state index in [1.165, 1.54) is 31.4 Å². The maximum atomic E-state index is 13.7. The lowest BCUT2D eigenvalue weighted by atomic mass is 9.88. The van der Waals surface area contributed by atoms with Crippen molar-refractivity contribution >= 4 is 22.5 Å². The van der Waals surface area contributed by atoms with E-state index < -0.39 is 0 Å². The summed E-state index contributed by atoms with van der Waals surface area (Å²) in [5.41, 5.74) is 2.60. The molecule has 1 unspecified atom stereocenters. The van der Waals surface area contributed by atoms with E-state index in [4.69, 9.17) is 0 Å². The number of pyridine rings is 1. The number of nitrogens with zero attached hydrogens (tertiary/aromatic N) is 2. The molecule has 0 bridgehead atoms. The molecule has 1 aliphatic carbocycles. The van der Waals surface area contributed by atoms with E-state index in [9.17, 15) is 9.18 Å². The number of anilines is 1. The van der Waals surface area contributed by atoms with Gasteiger partial charge in [-0.15, -0.1) is 0 Å². The van der Waals surface area contributed by atoms with Crippen LogP contribution in [0.3, 0.4) is 0 Å². The molecule has 1 aliphatic heterocycles. The Morgan fingerprint density at radius 2 is 2.00 bits per heavy atom. The normalized spacial score (nSPS) is 21.3. The number of likely N-dealkylation sites (tertiary alicyclic amines) is 1. The fourth-order valence-electron chi connectivity index (χ4n) is 4.36. The van der Waals surface area contributed by atoms with Gasteiger partial charge < -0.3 is 10.2 Å². The molecule has 2 aromatic rings. The number of amides is 1. The Bertz CT molecular complexity index is 816. The third kappa shape index (κ3) is 3.53. The zero-order valence-corrected chi connectivity index (χ0v) is 15.3. The van der Waals surface area contributed by atoms with Gasteiger partial charge in [-0.2, -0.15) is 0 Å². The maximum Gasteiger partial charge on any atom is 0.225 e. The average molecular weight is 355 g/mol. The van der Waals surface area contributed by atoms with Gasteiger partial charge in [-0.25, -0.2) is 4.39 Å². The summed E-state index contributed by atoms with van der Waals surface area (Å²) >= 11 is 0. The van der Waals surface area contributed by atoms with Crippen LogP contribution in [-0.4, -0.2) is 34.9 Å². The van der Waals surface area contributed by atoms with E-state index >= 15 is 0 Å². The van der Waals surface area contributed by atoms with E-state index in [-0.39, 0.29) is 17.8 Å². The quantitative estimate of drug-likeness (QED) is 0.894. The largest absolute Gasteiger partial charge is 0.380 e. The van der Waals surface area contributed by atoms with Crippen molar-refractivity contribution in [3.63, 3.8) is 0 Å². The van der Waals surface area contributed by atoms with Crippen molar-refractivity contribution in [2.24, 2.45) is 5.92 Å². The summed E-state index contributed by atoms with van der Waals surface area (Å²) in [4.78, 5) is 19.3. The number of hydrogen-bond acceptors (Lipinski definition) is 3. The van der Waals surface area contributed by atoms with Gasteiger partial charge in [0.05, 0.1) is 5.52 Å². The Hall–Kier alpha value is -2.17. The molecular weight excluding hydrogens is 329 g/mol. The molecule has 1 aromatic heterocycles. The molecule has 1 amide bonds. The lowest BCUT2D eigenvalue weighted by Gasteiger charge is -2.26. The van der Waals surface area contributed by atoms with Crippen molar-refractivity contribution in [3.8, 4) is 0 Å². The van der Waals surface area contributed by atoms with E-state index in [0.29, 0.717) is 5.91 Å². The van der Waals surface area contributed by atoms with Crippen molar-refractivity contribution in [1.29, 1.82) is 0 Å². The Labute approximate surface area is 153 Å². The number of fused-ring (bicyclic) bond motifs is 1. The summed E-state index contributed by atoms with van der Waals surface area (Å²) in [6, 6.07) is 6.86. The molecule has 138 valence electrons. The maximum absolute atomic E-state index is 13.7. The van der Waals surface area contributed by atoms with Crippen LogP contribution in [0, 0.1) is 18.7 Å². The molecule has 0 spiro atoms. The number of halogens is 1. The van der Waals surface area contributed by atoms with Crippen LogP contribution in [0.1, 0.15) is 44.2 Å². The van der Waals surface area contributed by atoms with Crippen LogP contribution in [-0.2, 0) is 4.79 Å². The van der Waals surface area contributed by atoms with Crippen molar-refractivity contribution in [1.82, 2.24) is 9.88 Å². The van der Waals surface area contributed by atoms with E-state index in [1.807, 2.05) is 17.9 Å². The summed E-state index contributed by atoms with van der Waals surface area (Å²) in [7, 11) is 0. The zero-order valence-electron chi connectivity index (χ0n) is 15.3. The molecule has 4 nitrogen and oxygen atoms in total. The molecule has 1 N–H and O–H groups in total. The summed E-state index contributed by atoms with van der Waals surface area (Å²) in [5, 5.41) is 4.34. The first-order valence-corrected chi connectivity index (χ1v) is 9.72.